The molecule has 0 saturated heterocycles. The Labute approximate surface area is 146 Å². The zero-order valence-corrected chi connectivity index (χ0v) is 14.8. The third-order valence-electron chi connectivity index (χ3n) is 3.93. The second kappa shape index (κ2) is 7.42. The van der Waals surface area contributed by atoms with Crippen LogP contribution in [-0.4, -0.2) is 42.9 Å². The molecule has 0 saturated carbocycles. The van der Waals surface area contributed by atoms with Crippen molar-refractivity contribution in [2.24, 2.45) is 5.92 Å². The van der Waals surface area contributed by atoms with E-state index in [2.05, 4.69) is 10.1 Å². The minimum atomic E-state index is -1.09. The molecule has 1 aromatic rings. The van der Waals surface area contributed by atoms with Gasteiger partial charge in [0, 0.05) is 18.7 Å². The molecule has 0 radical (unpaired) electrons. The minimum Gasteiger partial charge on any atom is -0.465 e. The Morgan fingerprint density at radius 2 is 2.00 bits per heavy atom. The van der Waals surface area contributed by atoms with E-state index >= 15 is 0 Å². The first-order valence-corrected chi connectivity index (χ1v) is 8.06. The van der Waals surface area contributed by atoms with Gasteiger partial charge in [-0.3, -0.25) is 15.0 Å². The Kier molecular flexibility index (Phi) is 5.51. The van der Waals surface area contributed by atoms with Gasteiger partial charge in [-0.25, -0.2) is 9.59 Å². The molecule has 0 unspecified atom stereocenters. The number of rotatable bonds is 3. The molecule has 3 amide bonds. The van der Waals surface area contributed by atoms with E-state index in [9.17, 15) is 19.5 Å². The highest BCUT2D eigenvalue weighted by Gasteiger charge is 2.35. The summed E-state index contributed by atoms with van der Waals surface area (Å²) in [6, 6.07) is 4.43. The second-order valence-corrected chi connectivity index (χ2v) is 6.42. The number of hydrogen-bond acceptors (Lipinski definition) is 4. The van der Waals surface area contributed by atoms with Crippen LogP contribution in [0.15, 0.2) is 18.2 Å². The van der Waals surface area contributed by atoms with Gasteiger partial charge in [0.15, 0.2) is 0 Å². The highest BCUT2D eigenvalue weighted by Crippen LogP contribution is 2.38. The van der Waals surface area contributed by atoms with E-state index in [1.54, 1.807) is 30.0 Å². The van der Waals surface area contributed by atoms with E-state index in [1.807, 2.05) is 13.8 Å². The number of fused-ring (bicyclic) bond motifs is 1. The molecule has 8 heteroatoms. The smallest absolute Gasteiger partial charge is 0.411 e. The molecule has 8 nitrogen and oxygen atoms in total. The molecule has 0 aromatic heterocycles. The minimum absolute atomic E-state index is 0.0796. The number of carboxylic acid groups (broad SMARTS) is 1. The van der Waals surface area contributed by atoms with Gasteiger partial charge in [0.25, 0.3) is 0 Å². The van der Waals surface area contributed by atoms with Gasteiger partial charge in [0.05, 0.1) is 24.5 Å². The molecule has 0 bridgehead atoms. The fourth-order valence-corrected chi connectivity index (χ4v) is 2.88. The molecule has 0 spiro atoms. The number of hydrogen-bond donors (Lipinski definition) is 2. The third kappa shape index (κ3) is 4.01. The fourth-order valence-electron chi connectivity index (χ4n) is 2.88. The van der Waals surface area contributed by atoms with E-state index in [0.29, 0.717) is 23.5 Å². The lowest BCUT2D eigenvalue weighted by Crippen LogP contribution is -2.52. The summed E-state index contributed by atoms with van der Waals surface area (Å²) < 4.78 is 4.57. The first-order chi connectivity index (χ1) is 11.7. The maximum Gasteiger partial charge on any atom is 0.411 e. The molecule has 0 fully saturated rings. The monoisotopic (exact) mass is 349 g/mol. The van der Waals surface area contributed by atoms with Crippen LogP contribution in [0.2, 0.25) is 0 Å². The molecule has 1 aliphatic rings. The van der Waals surface area contributed by atoms with Crippen LogP contribution in [0, 0.1) is 5.92 Å². The van der Waals surface area contributed by atoms with Crippen molar-refractivity contribution in [3.8, 4) is 0 Å². The fraction of sp³-hybridized carbons (Fsp3) is 0.471. The van der Waals surface area contributed by atoms with Crippen molar-refractivity contribution in [2.75, 3.05) is 28.8 Å². The molecule has 2 rings (SSSR count). The van der Waals surface area contributed by atoms with Crippen molar-refractivity contribution in [1.82, 2.24) is 0 Å². The number of benzene rings is 1. The van der Waals surface area contributed by atoms with Gasteiger partial charge in [0.1, 0.15) is 0 Å². The lowest BCUT2D eigenvalue weighted by Gasteiger charge is -2.40. The summed E-state index contributed by atoms with van der Waals surface area (Å²) in [4.78, 5) is 38.5. The number of carbonyl (C=O) groups excluding carboxylic acids is 2. The molecular weight excluding hydrogens is 326 g/mol. The summed E-state index contributed by atoms with van der Waals surface area (Å²) in [6.45, 7) is 5.89. The van der Waals surface area contributed by atoms with Gasteiger partial charge in [-0.05, 0) is 31.0 Å². The Morgan fingerprint density at radius 3 is 2.56 bits per heavy atom. The molecule has 1 heterocycles. The van der Waals surface area contributed by atoms with E-state index in [0.717, 1.165) is 0 Å². The zero-order valence-electron chi connectivity index (χ0n) is 14.8. The number of carbonyl (C=O) groups is 3. The van der Waals surface area contributed by atoms with Crippen LogP contribution in [0.4, 0.5) is 26.7 Å². The first kappa shape index (κ1) is 18.6. The maximum absolute atomic E-state index is 12.7. The Hall–Kier alpha value is -2.77. The second-order valence-electron chi connectivity index (χ2n) is 6.42. The molecular formula is C17H23N3O5. The average molecular weight is 349 g/mol. The summed E-state index contributed by atoms with van der Waals surface area (Å²) in [5.41, 5.74) is 1.30. The summed E-state index contributed by atoms with van der Waals surface area (Å²) in [6.07, 6.45) is -1.37. The quantitative estimate of drug-likeness (QED) is 0.873. The van der Waals surface area contributed by atoms with Crippen LogP contribution < -0.4 is 15.1 Å². The number of methoxy groups -OCH3 is 1. The summed E-state index contributed by atoms with van der Waals surface area (Å²) in [7, 11) is 1.25. The standard InChI is InChI=1S/C17H23N3O5/c1-10(2)7-15(21)20-11(3)9-19(17(23)24)13-6-5-12(8-14(13)20)18-16(22)25-4/h5-6,8,10-11H,7,9H2,1-4H3,(H,18,22)(H,23,24)/t11-/m0/s1. The Morgan fingerprint density at radius 1 is 1.32 bits per heavy atom. The SMILES string of the molecule is COC(=O)Nc1ccc2c(c1)N(C(=O)CC(C)C)[C@@H](C)CN2C(=O)O. The number of anilines is 3. The van der Waals surface area contributed by atoms with E-state index < -0.39 is 12.2 Å². The van der Waals surface area contributed by atoms with Crippen molar-refractivity contribution in [3.05, 3.63) is 18.2 Å². The lowest BCUT2D eigenvalue weighted by atomic mass is 10.0. The molecule has 1 atom stereocenters. The Balaban J connectivity index is 2.48. The van der Waals surface area contributed by atoms with Crippen LogP contribution in [0.5, 0.6) is 0 Å². The zero-order chi connectivity index (χ0) is 18.7. The number of amides is 3. The highest BCUT2D eigenvalue weighted by atomic mass is 16.5. The van der Waals surface area contributed by atoms with Gasteiger partial charge in [-0.15, -0.1) is 0 Å². The maximum atomic E-state index is 12.7. The van der Waals surface area contributed by atoms with Crippen molar-refractivity contribution >= 4 is 35.2 Å². The van der Waals surface area contributed by atoms with Crippen LogP contribution in [-0.2, 0) is 9.53 Å². The molecule has 1 aromatic carbocycles. The van der Waals surface area contributed by atoms with E-state index in [1.165, 1.54) is 12.0 Å². The summed E-state index contributed by atoms with van der Waals surface area (Å²) >= 11 is 0. The normalized spacial score (nSPS) is 16.4. The van der Waals surface area contributed by atoms with Crippen LogP contribution >= 0.6 is 0 Å². The predicted octanol–water partition coefficient (Wildman–Crippen LogP) is 3.13. The number of nitrogens with one attached hydrogen (secondary N) is 1. The average Bonchev–Trinajstić information content (AvgIpc) is 2.52. The summed E-state index contributed by atoms with van der Waals surface area (Å²) in [5, 5.41) is 12.0. The van der Waals surface area contributed by atoms with E-state index in [-0.39, 0.29) is 24.4 Å². The van der Waals surface area contributed by atoms with Crippen LogP contribution in [0.1, 0.15) is 27.2 Å². The Bertz CT molecular complexity index is 689. The van der Waals surface area contributed by atoms with Crippen molar-refractivity contribution in [1.29, 1.82) is 0 Å². The van der Waals surface area contributed by atoms with Crippen molar-refractivity contribution < 1.29 is 24.2 Å². The van der Waals surface area contributed by atoms with E-state index in [4.69, 9.17) is 0 Å². The molecule has 2 N–H and O–H groups in total. The van der Waals surface area contributed by atoms with Crippen LogP contribution in [0.3, 0.4) is 0 Å². The largest absolute Gasteiger partial charge is 0.465 e. The first-order valence-electron chi connectivity index (χ1n) is 8.06. The van der Waals surface area contributed by atoms with Gasteiger partial charge < -0.3 is 14.7 Å². The van der Waals surface area contributed by atoms with Gasteiger partial charge >= 0.3 is 12.2 Å². The van der Waals surface area contributed by atoms with Crippen molar-refractivity contribution in [3.63, 3.8) is 0 Å². The molecule has 1 aliphatic heterocycles. The van der Waals surface area contributed by atoms with Gasteiger partial charge in [-0.2, -0.15) is 0 Å². The lowest BCUT2D eigenvalue weighted by molar-refractivity contribution is -0.119. The number of ether oxygens (including phenoxy) is 1. The molecule has 0 aliphatic carbocycles. The van der Waals surface area contributed by atoms with Crippen molar-refractivity contribution in [2.45, 2.75) is 33.2 Å². The summed E-state index contributed by atoms with van der Waals surface area (Å²) in [5.74, 6) is 0.0982. The topological polar surface area (TPSA) is 99.2 Å². The highest BCUT2D eigenvalue weighted by molar-refractivity contribution is 6.04. The molecule has 136 valence electrons. The van der Waals surface area contributed by atoms with Crippen LogP contribution in [0.25, 0.3) is 0 Å². The third-order valence-corrected chi connectivity index (χ3v) is 3.93. The predicted molar refractivity (Wildman–Crippen MR) is 94.2 cm³/mol. The van der Waals surface area contributed by atoms with Gasteiger partial charge in [-0.1, -0.05) is 13.8 Å². The molecule has 25 heavy (non-hydrogen) atoms. The van der Waals surface area contributed by atoms with Gasteiger partial charge in [0.2, 0.25) is 5.91 Å². The number of nitrogens with zero attached hydrogens (tertiary/aromatic N) is 2.